The van der Waals surface area contributed by atoms with E-state index in [-0.39, 0.29) is 34.9 Å². The van der Waals surface area contributed by atoms with E-state index in [0.29, 0.717) is 73.0 Å². The predicted molar refractivity (Wildman–Crippen MR) is 167 cm³/mol. The van der Waals surface area contributed by atoms with Crippen LogP contribution in [0.2, 0.25) is 0 Å². The number of likely N-dealkylation sites (tertiary alicyclic amines) is 1. The predicted octanol–water partition coefficient (Wildman–Crippen LogP) is 6.72. The number of nitrogens with zero attached hydrogens (tertiary/aromatic N) is 3. The van der Waals surface area contributed by atoms with Gasteiger partial charge in [-0.05, 0) is 70.2 Å². The lowest BCUT2D eigenvalue weighted by Crippen LogP contribution is -2.43. The Balaban J connectivity index is 1.25. The van der Waals surface area contributed by atoms with E-state index in [4.69, 9.17) is 14.2 Å². The number of nitro benzene ring substituents is 1. The molecule has 0 radical (unpaired) electrons. The van der Waals surface area contributed by atoms with Gasteiger partial charge in [0.05, 0.1) is 11.0 Å². The summed E-state index contributed by atoms with van der Waals surface area (Å²) in [6.45, 7) is 7.09. The molecule has 2 aromatic carbocycles. The largest absolute Gasteiger partial charge is 0.454 e. The Hall–Kier alpha value is -4.71. The molecule has 0 spiro atoms. The van der Waals surface area contributed by atoms with Crippen LogP contribution in [0.25, 0.3) is 22.0 Å². The number of piperidine rings is 1. The summed E-state index contributed by atoms with van der Waals surface area (Å²) in [4.78, 5) is 40.6. The zero-order valence-corrected chi connectivity index (χ0v) is 25.8. The molecule has 11 nitrogen and oxygen atoms in total. The number of aromatic amines is 1. The molecule has 0 bridgehead atoms. The summed E-state index contributed by atoms with van der Waals surface area (Å²) in [6.07, 6.45) is 5.32. The van der Waals surface area contributed by atoms with Gasteiger partial charge in [-0.15, -0.1) is 0 Å². The van der Waals surface area contributed by atoms with Crippen molar-refractivity contribution in [3.63, 3.8) is 0 Å². The summed E-state index contributed by atoms with van der Waals surface area (Å²) < 4.78 is 34.6. The van der Waals surface area contributed by atoms with Crippen molar-refractivity contribution in [3.8, 4) is 22.6 Å². The Kier molecular flexibility index (Phi) is 9.24. The van der Waals surface area contributed by atoms with Gasteiger partial charge < -0.3 is 28.7 Å². The maximum absolute atomic E-state index is 15.7. The minimum absolute atomic E-state index is 0.0202. The second kappa shape index (κ2) is 13.1. The SMILES string of the molecule is Cn1cc(-c2cc([N+](=O)[O-])ccc2Oc2cccc(CCCOC3CCN(C(=O)OC(C)(C)C)CC3)c2F)c2cc[nH]c2c1=O. The summed E-state index contributed by atoms with van der Waals surface area (Å²) in [7, 11) is 1.59. The number of hydrogen-bond acceptors (Lipinski definition) is 7. The molecule has 1 amide bonds. The zero-order chi connectivity index (χ0) is 32.3. The van der Waals surface area contributed by atoms with Crippen LogP contribution in [-0.4, -0.2) is 56.9 Å². The highest BCUT2D eigenvalue weighted by Gasteiger charge is 2.27. The number of fused-ring (bicyclic) bond motifs is 1. The van der Waals surface area contributed by atoms with Crippen LogP contribution in [0, 0.1) is 15.9 Å². The second-order valence-corrected chi connectivity index (χ2v) is 12.1. The number of H-pyrrole nitrogens is 1. The first-order chi connectivity index (χ1) is 21.4. The molecule has 0 unspecified atom stereocenters. The summed E-state index contributed by atoms with van der Waals surface area (Å²) in [5, 5.41) is 12.2. The smallest absolute Gasteiger partial charge is 0.410 e. The highest BCUT2D eigenvalue weighted by molar-refractivity contribution is 5.96. The monoisotopic (exact) mass is 620 g/mol. The van der Waals surface area contributed by atoms with Gasteiger partial charge >= 0.3 is 6.09 Å². The van der Waals surface area contributed by atoms with Crippen molar-refractivity contribution in [2.24, 2.45) is 7.05 Å². The van der Waals surface area contributed by atoms with Crippen molar-refractivity contribution >= 4 is 22.7 Å². The number of carbonyl (C=O) groups is 1. The molecule has 0 saturated carbocycles. The van der Waals surface area contributed by atoms with E-state index in [0.717, 1.165) is 0 Å². The molecule has 45 heavy (non-hydrogen) atoms. The molecule has 5 rings (SSSR count). The highest BCUT2D eigenvalue weighted by atomic mass is 19.1. The number of hydrogen-bond donors (Lipinski definition) is 1. The summed E-state index contributed by atoms with van der Waals surface area (Å²) in [6, 6.07) is 10.7. The number of carbonyl (C=O) groups excluding carboxylic acids is 1. The van der Waals surface area contributed by atoms with Crippen LogP contribution in [-0.2, 0) is 22.9 Å². The van der Waals surface area contributed by atoms with Gasteiger partial charge in [0.25, 0.3) is 11.2 Å². The number of aromatic nitrogens is 2. The highest BCUT2D eigenvalue weighted by Crippen LogP contribution is 2.39. The maximum Gasteiger partial charge on any atom is 0.410 e. The molecule has 0 aliphatic carbocycles. The quantitative estimate of drug-likeness (QED) is 0.125. The van der Waals surface area contributed by atoms with Crippen LogP contribution < -0.4 is 10.3 Å². The van der Waals surface area contributed by atoms with Gasteiger partial charge in [-0.25, -0.2) is 9.18 Å². The van der Waals surface area contributed by atoms with Crippen LogP contribution in [0.5, 0.6) is 11.5 Å². The number of benzene rings is 2. The van der Waals surface area contributed by atoms with Crippen molar-refractivity contribution in [3.05, 3.63) is 86.7 Å². The van der Waals surface area contributed by atoms with Crippen LogP contribution in [0.1, 0.15) is 45.6 Å². The molecule has 1 N–H and O–H groups in total. The van der Waals surface area contributed by atoms with Crippen LogP contribution in [0.15, 0.2) is 59.7 Å². The molecule has 0 atom stereocenters. The van der Waals surface area contributed by atoms with Gasteiger partial charge in [0.15, 0.2) is 11.6 Å². The molecule has 1 aliphatic heterocycles. The fourth-order valence-corrected chi connectivity index (χ4v) is 5.41. The zero-order valence-electron chi connectivity index (χ0n) is 25.8. The number of halogens is 1. The number of non-ortho nitro benzene ring substituents is 1. The van der Waals surface area contributed by atoms with Gasteiger partial charge in [-0.1, -0.05) is 12.1 Å². The number of nitrogens with one attached hydrogen (secondary N) is 1. The fraction of sp³-hybridized carbons (Fsp3) is 0.394. The molecule has 2 aromatic heterocycles. The lowest BCUT2D eigenvalue weighted by molar-refractivity contribution is -0.384. The van der Waals surface area contributed by atoms with Crippen molar-refractivity contribution in [2.75, 3.05) is 19.7 Å². The number of pyridine rings is 1. The third-order valence-electron chi connectivity index (χ3n) is 7.66. The van der Waals surface area contributed by atoms with Crippen LogP contribution in [0.3, 0.4) is 0 Å². The van der Waals surface area contributed by atoms with Crippen molar-refractivity contribution in [1.29, 1.82) is 0 Å². The fourth-order valence-electron chi connectivity index (χ4n) is 5.41. The van der Waals surface area contributed by atoms with Crippen LogP contribution in [0.4, 0.5) is 14.9 Å². The minimum atomic E-state index is -0.537. The average molecular weight is 621 g/mol. The van der Waals surface area contributed by atoms with E-state index in [2.05, 4.69) is 4.98 Å². The minimum Gasteiger partial charge on any atom is -0.454 e. The first kappa shape index (κ1) is 31.7. The van der Waals surface area contributed by atoms with Gasteiger partial charge in [0.1, 0.15) is 16.9 Å². The van der Waals surface area contributed by atoms with Gasteiger partial charge in [0, 0.05) is 67.8 Å². The Labute approximate surface area is 259 Å². The molecule has 1 saturated heterocycles. The lowest BCUT2D eigenvalue weighted by atomic mass is 10.0. The first-order valence-corrected chi connectivity index (χ1v) is 14.9. The topological polar surface area (TPSA) is 129 Å². The van der Waals surface area contributed by atoms with Crippen LogP contribution >= 0.6 is 0 Å². The van der Waals surface area contributed by atoms with E-state index < -0.39 is 16.3 Å². The Morgan fingerprint density at radius 2 is 1.87 bits per heavy atom. The molecule has 1 fully saturated rings. The third-order valence-corrected chi connectivity index (χ3v) is 7.66. The summed E-state index contributed by atoms with van der Waals surface area (Å²) >= 11 is 0. The van der Waals surface area contributed by atoms with E-state index >= 15 is 4.39 Å². The molecule has 12 heteroatoms. The first-order valence-electron chi connectivity index (χ1n) is 14.9. The number of aryl methyl sites for hydroxylation is 2. The normalized spacial score (nSPS) is 14.1. The molecule has 238 valence electrons. The van der Waals surface area contributed by atoms with E-state index in [1.54, 1.807) is 42.5 Å². The molecular formula is C33H37FN4O7. The number of nitro groups is 1. The molecule has 3 heterocycles. The number of rotatable bonds is 9. The Morgan fingerprint density at radius 1 is 1.11 bits per heavy atom. The Bertz CT molecular complexity index is 1770. The van der Waals surface area contributed by atoms with Gasteiger partial charge in [-0.3, -0.25) is 14.9 Å². The summed E-state index contributed by atoms with van der Waals surface area (Å²) in [5.41, 5.74) is 0.717. The van der Waals surface area contributed by atoms with Crippen molar-refractivity contribution < 1.29 is 28.3 Å². The van der Waals surface area contributed by atoms with Crippen molar-refractivity contribution in [2.45, 2.75) is 58.2 Å². The third kappa shape index (κ3) is 7.34. The van der Waals surface area contributed by atoms with E-state index in [1.807, 2.05) is 20.8 Å². The van der Waals surface area contributed by atoms with Gasteiger partial charge in [-0.2, -0.15) is 0 Å². The molecule has 4 aromatic rings. The lowest BCUT2D eigenvalue weighted by Gasteiger charge is -2.33. The second-order valence-electron chi connectivity index (χ2n) is 12.1. The maximum atomic E-state index is 15.7. The standard InChI is InChI=1S/C33H37FN4O7/c1-33(2,3)45-32(40)37-16-13-23(14-17-37)43-18-6-8-21-7-5-9-28(29(21)34)44-27-11-10-22(38(41)42)19-25(27)26-20-36(4)31(39)30-24(26)12-15-35-30/h5,7,9-12,15,19-20,23,35H,6,8,13-14,16-18H2,1-4H3. The molecule has 1 aliphatic rings. The Morgan fingerprint density at radius 3 is 2.58 bits per heavy atom. The number of ether oxygens (including phenoxy) is 3. The number of amides is 1. The average Bonchev–Trinajstić information content (AvgIpc) is 3.49. The van der Waals surface area contributed by atoms with E-state index in [9.17, 15) is 19.7 Å². The summed E-state index contributed by atoms with van der Waals surface area (Å²) in [5.74, 6) is -0.341. The van der Waals surface area contributed by atoms with E-state index in [1.165, 1.54) is 28.8 Å². The van der Waals surface area contributed by atoms with Gasteiger partial charge in [0.2, 0.25) is 0 Å². The van der Waals surface area contributed by atoms with Crippen molar-refractivity contribution in [1.82, 2.24) is 14.5 Å². The molecular weight excluding hydrogens is 583 g/mol.